The van der Waals surface area contributed by atoms with Crippen LogP contribution >= 0.6 is 0 Å². The average Bonchev–Trinajstić information content (AvgIpc) is 2.72. The Bertz CT molecular complexity index is 943. The van der Waals surface area contributed by atoms with Crippen LogP contribution in [-0.4, -0.2) is 56.4 Å². The van der Waals surface area contributed by atoms with Crippen molar-refractivity contribution in [3.63, 3.8) is 0 Å². The highest BCUT2D eigenvalue weighted by molar-refractivity contribution is 5.97. The van der Waals surface area contributed by atoms with E-state index >= 15 is 0 Å². The summed E-state index contributed by atoms with van der Waals surface area (Å²) in [5.74, 6) is -5.68. The van der Waals surface area contributed by atoms with Crippen molar-refractivity contribution in [2.75, 3.05) is 28.4 Å². The van der Waals surface area contributed by atoms with Crippen LogP contribution in [0.15, 0.2) is 30.3 Å². The minimum Gasteiger partial charge on any atom is -0.497 e. The number of aliphatic hydroxyl groups is 1. The van der Waals surface area contributed by atoms with Gasteiger partial charge in [0.2, 0.25) is 5.75 Å². The third-order valence-electron chi connectivity index (χ3n) is 4.76. The van der Waals surface area contributed by atoms with Gasteiger partial charge < -0.3 is 33.9 Å². The number of esters is 1. The van der Waals surface area contributed by atoms with E-state index in [1.165, 1.54) is 58.8 Å². The summed E-state index contributed by atoms with van der Waals surface area (Å²) >= 11 is 0. The van der Waals surface area contributed by atoms with Gasteiger partial charge in [-0.3, -0.25) is 0 Å². The summed E-state index contributed by atoms with van der Waals surface area (Å²) in [5.41, 5.74) is 0.599. The van der Waals surface area contributed by atoms with Crippen LogP contribution in [0.3, 0.4) is 0 Å². The van der Waals surface area contributed by atoms with Crippen molar-refractivity contribution >= 4 is 11.9 Å². The average molecular weight is 404 g/mol. The first-order valence-electron chi connectivity index (χ1n) is 8.47. The number of carboxylic acids is 1. The van der Waals surface area contributed by atoms with E-state index in [0.29, 0.717) is 5.75 Å². The number of ether oxygens (including phenoxy) is 5. The minimum absolute atomic E-state index is 0.107. The lowest BCUT2D eigenvalue weighted by atomic mass is 9.79. The van der Waals surface area contributed by atoms with Crippen LogP contribution in [-0.2, 0) is 9.53 Å². The maximum Gasteiger partial charge on any atom is 0.378 e. The lowest BCUT2D eigenvalue weighted by Gasteiger charge is -2.37. The quantitative estimate of drug-likeness (QED) is 0.694. The standard InChI is InChI=1S/C20H20O9/c1-25-11-5-6-12-13(9-11)16(20(24,19(22)23)29-18(12)21)10-7-14(26-2)17(28-4)15(8-10)27-3/h5-9,16,24H,1-4H3,(H,22,23). The van der Waals surface area contributed by atoms with Gasteiger partial charge in [0.05, 0.1) is 39.9 Å². The van der Waals surface area contributed by atoms with Crippen LogP contribution in [0.25, 0.3) is 0 Å². The molecule has 0 bridgehead atoms. The second kappa shape index (κ2) is 7.51. The predicted molar refractivity (Wildman–Crippen MR) is 98.9 cm³/mol. The van der Waals surface area contributed by atoms with E-state index in [2.05, 4.69) is 0 Å². The fraction of sp³-hybridized carbons (Fsp3) is 0.300. The molecular weight excluding hydrogens is 384 g/mol. The number of rotatable bonds is 6. The Hall–Kier alpha value is -3.46. The molecule has 1 heterocycles. The van der Waals surface area contributed by atoms with Gasteiger partial charge in [0.25, 0.3) is 0 Å². The molecule has 0 saturated heterocycles. The molecule has 2 aromatic rings. The van der Waals surface area contributed by atoms with Gasteiger partial charge in [-0.15, -0.1) is 0 Å². The Labute approximate surface area is 166 Å². The number of cyclic esters (lactones) is 1. The molecule has 0 aromatic heterocycles. The molecule has 0 radical (unpaired) electrons. The maximum atomic E-state index is 12.4. The van der Waals surface area contributed by atoms with Crippen LogP contribution in [0.4, 0.5) is 0 Å². The summed E-state index contributed by atoms with van der Waals surface area (Å²) in [6.45, 7) is 0. The summed E-state index contributed by atoms with van der Waals surface area (Å²) in [6.07, 6.45) is 0. The van der Waals surface area contributed by atoms with Gasteiger partial charge in [-0.05, 0) is 41.5 Å². The van der Waals surface area contributed by atoms with E-state index < -0.39 is 23.6 Å². The van der Waals surface area contributed by atoms with Crippen LogP contribution in [0.2, 0.25) is 0 Å². The second-order valence-electron chi connectivity index (χ2n) is 6.24. The van der Waals surface area contributed by atoms with Crippen molar-refractivity contribution in [1.29, 1.82) is 0 Å². The minimum atomic E-state index is -2.86. The van der Waals surface area contributed by atoms with E-state index in [1.54, 1.807) is 0 Å². The zero-order valence-electron chi connectivity index (χ0n) is 16.2. The first kappa shape index (κ1) is 20.3. The Morgan fingerprint density at radius 3 is 2.10 bits per heavy atom. The van der Waals surface area contributed by atoms with E-state index in [4.69, 9.17) is 23.7 Å². The molecule has 9 nitrogen and oxygen atoms in total. The smallest absolute Gasteiger partial charge is 0.378 e. The Balaban J connectivity index is 2.34. The van der Waals surface area contributed by atoms with Crippen molar-refractivity contribution in [2.24, 2.45) is 0 Å². The van der Waals surface area contributed by atoms with Crippen LogP contribution in [0, 0.1) is 0 Å². The van der Waals surface area contributed by atoms with Gasteiger partial charge >= 0.3 is 17.7 Å². The number of carbonyl (C=O) groups is 2. The van der Waals surface area contributed by atoms with E-state index in [0.717, 1.165) is 0 Å². The SMILES string of the molecule is COc1ccc2c(c1)C(c1cc(OC)c(OC)c(OC)c1)C(O)(C(=O)O)OC2=O. The lowest BCUT2D eigenvalue weighted by Crippen LogP contribution is -2.52. The number of hydrogen-bond acceptors (Lipinski definition) is 8. The van der Waals surface area contributed by atoms with Crippen molar-refractivity contribution in [1.82, 2.24) is 0 Å². The summed E-state index contributed by atoms with van der Waals surface area (Å²) in [5, 5.41) is 20.6. The Morgan fingerprint density at radius 1 is 1.00 bits per heavy atom. The Morgan fingerprint density at radius 2 is 1.62 bits per heavy atom. The molecule has 1 aliphatic rings. The molecule has 0 aliphatic carbocycles. The summed E-state index contributed by atoms with van der Waals surface area (Å²) in [7, 11) is 5.67. The molecule has 2 atom stereocenters. The highest BCUT2D eigenvalue weighted by Gasteiger charge is 2.55. The van der Waals surface area contributed by atoms with Gasteiger partial charge in [0, 0.05) is 0 Å². The van der Waals surface area contributed by atoms with Gasteiger partial charge in [-0.25, -0.2) is 9.59 Å². The number of hydrogen-bond donors (Lipinski definition) is 2. The number of carboxylic acid groups (broad SMARTS) is 1. The maximum absolute atomic E-state index is 12.4. The van der Waals surface area contributed by atoms with Crippen molar-refractivity contribution in [3.05, 3.63) is 47.0 Å². The molecular formula is C20H20O9. The first-order chi connectivity index (χ1) is 13.8. The van der Waals surface area contributed by atoms with E-state index in [-0.39, 0.29) is 33.9 Å². The van der Waals surface area contributed by atoms with Gasteiger partial charge in [-0.2, -0.15) is 0 Å². The third-order valence-corrected chi connectivity index (χ3v) is 4.76. The third kappa shape index (κ3) is 3.19. The van der Waals surface area contributed by atoms with Crippen LogP contribution in [0.1, 0.15) is 27.4 Å². The zero-order valence-corrected chi connectivity index (χ0v) is 16.2. The molecule has 29 heavy (non-hydrogen) atoms. The van der Waals surface area contributed by atoms with Crippen molar-refractivity contribution in [2.45, 2.75) is 11.7 Å². The van der Waals surface area contributed by atoms with Crippen LogP contribution < -0.4 is 18.9 Å². The fourth-order valence-electron chi connectivity index (χ4n) is 3.40. The molecule has 9 heteroatoms. The highest BCUT2D eigenvalue weighted by atomic mass is 16.7. The predicted octanol–water partition coefficient (Wildman–Crippen LogP) is 1.80. The monoisotopic (exact) mass is 404 g/mol. The summed E-state index contributed by atoms with van der Waals surface area (Å²) in [6, 6.07) is 7.45. The highest BCUT2D eigenvalue weighted by Crippen LogP contribution is 2.48. The topological polar surface area (TPSA) is 121 Å². The lowest BCUT2D eigenvalue weighted by molar-refractivity contribution is -0.211. The molecule has 0 saturated carbocycles. The molecule has 0 spiro atoms. The molecule has 154 valence electrons. The largest absolute Gasteiger partial charge is 0.497 e. The molecule has 1 aliphatic heterocycles. The van der Waals surface area contributed by atoms with E-state index in [9.17, 15) is 19.8 Å². The number of fused-ring (bicyclic) bond motifs is 1. The number of carbonyl (C=O) groups excluding carboxylic acids is 1. The van der Waals surface area contributed by atoms with E-state index in [1.807, 2.05) is 0 Å². The van der Waals surface area contributed by atoms with Crippen LogP contribution in [0.5, 0.6) is 23.0 Å². The molecule has 0 fully saturated rings. The molecule has 2 unspecified atom stereocenters. The van der Waals surface area contributed by atoms with Gasteiger partial charge in [0.15, 0.2) is 11.5 Å². The normalized spacial score (nSPS) is 20.3. The van der Waals surface area contributed by atoms with Crippen molar-refractivity contribution < 1.29 is 43.5 Å². The number of aliphatic carboxylic acids is 1. The summed E-state index contributed by atoms with van der Waals surface area (Å²) < 4.78 is 26.1. The van der Waals surface area contributed by atoms with Gasteiger partial charge in [-0.1, -0.05) is 0 Å². The van der Waals surface area contributed by atoms with Crippen molar-refractivity contribution in [3.8, 4) is 23.0 Å². The number of methoxy groups -OCH3 is 4. The number of benzene rings is 2. The molecule has 3 rings (SSSR count). The molecule has 2 aromatic carbocycles. The van der Waals surface area contributed by atoms with Gasteiger partial charge in [0.1, 0.15) is 5.75 Å². The molecule has 0 amide bonds. The zero-order chi connectivity index (χ0) is 21.3. The fourth-order valence-corrected chi connectivity index (χ4v) is 3.40. The molecule has 2 N–H and O–H groups in total. The second-order valence-corrected chi connectivity index (χ2v) is 6.24. The Kier molecular flexibility index (Phi) is 5.25. The summed E-state index contributed by atoms with van der Waals surface area (Å²) in [4.78, 5) is 24.3. The first-order valence-corrected chi connectivity index (χ1v) is 8.47.